The molecule has 0 aromatic heterocycles. The molecule has 0 radical (unpaired) electrons. The van der Waals surface area contributed by atoms with Gasteiger partial charge in [-0.3, -0.25) is 10.1 Å². The summed E-state index contributed by atoms with van der Waals surface area (Å²) < 4.78 is 13.2. The molecule has 0 spiro atoms. The zero-order valence-electron chi connectivity index (χ0n) is 9.79. The Kier molecular flexibility index (Phi) is 4.63. The molecule has 0 bridgehead atoms. The fourth-order valence-corrected chi connectivity index (χ4v) is 1.28. The van der Waals surface area contributed by atoms with Crippen molar-refractivity contribution in [3.63, 3.8) is 0 Å². The largest absolute Gasteiger partial charge is 0.336 e. The van der Waals surface area contributed by atoms with E-state index in [0.717, 1.165) is 0 Å². The van der Waals surface area contributed by atoms with Crippen LogP contribution >= 0.6 is 0 Å². The van der Waals surface area contributed by atoms with Crippen LogP contribution < -0.4 is 10.6 Å². The Morgan fingerprint density at radius 1 is 1.29 bits per heavy atom. The van der Waals surface area contributed by atoms with Gasteiger partial charge in [0.25, 0.3) is 0 Å². The Balaban J connectivity index is 2.51. The SMILES string of the molecule is CC(C)NC(=O)NC(=O)Cc1ccccc1F. The predicted molar refractivity (Wildman–Crippen MR) is 61.9 cm³/mol. The Hall–Kier alpha value is -1.91. The molecule has 0 aliphatic carbocycles. The van der Waals surface area contributed by atoms with Crippen molar-refractivity contribution in [2.24, 2.45) is 0 Å². The van der Waals surface area contributed by atoms with E-state index < -0.39 is 17.8 Å². The minimum atomic E-state index is -0.568. The van der Waals surface area contributed by atoms with Crippen LogP contribution in [0.2, 0.25) is 0 Å². The number of benzene rings is 1. The van der Waals surface area contributed by atoms with Crippen molar-refractivity contribution in [3.8, 4) is 0 Å². The third-order valence-electron chi connectivity index (χ3n) is 1.98. The van der Waals surface area contributed by atoms with Crippen LogP contribution in [0.5, 0.6) is 0 Å². The van der Waals surface area contributed by atoms with Crippen LogP contribution in [-0.2, 0) is 11.2 Å². The summed E-state index contributed by atoms with van der Waals surface area (Å²) in [5.74, 6) is -0.986. The minimum absolute atomic E-state index is 0.0590. The number of hydrogen-bond donors (Lipinski definition) is 2. The van der Waals surface area contributed by atoms with Crippen LogP contribution in [0.15, 0.2) is 24.3 Å². The van der Waals surface area contributed by atoms with Crippen molar-refractivity contribution in [2.45, 2.75) is 26.3 Å². The lowest BCUT2D eigenvalue weighted by Gasteiger charge is -2.09. The van der Waals surface area contributed by atoms with Crippen molar-refractivity contribution < 1.29 is 14.0 Å². The van der Waals surface area contributed by atoms with Gasteiger partial charge in [0.2, 0.25) is 5.91 Å². The van der Waals surface area contributed by atoms with Gasteiger partial charge >= 0.3 is 6.03 Å². The molecule has 0 atom stereocenters. The Morgan fingerprint density at radius 2 is 1.94 bits per heavy atom. The molecule has 0 aliphatic rings. The molecule has 5 heteroatoms. The molecule has 17 heavy (non-hydrogen) atoms. The molecule has 0 saturated heterocycles. The number of carbonyl (C=O) groups is 2. The molecule has 1 aromatic rings. The van der Waals surface area contributed by atoms with E-state index in [4.69, 9.17) is 0 Å². The van der Waals surface area contributed by atoms with Crippen LogP contribution in [0.3, 0.4) is 0 Å². The number of halogens is 1. The fourth-order valence-electron chi connectivity index (χ4n) is 1.28. The Morgan fingerprint density at radius 3 is 2.53 bits per heavy atom. The maximum atomic E-state index is 13.2. The Labute approximate surface area is 99.2 Å². The van der Waals surface area contributed by atoms with E-state index in [1.807, 2.05) is 0 Å². The zero-order chi connectivity index (χ0) is 12.8. The van der Waals surface area contributed by atoms with Crippen molar-refractivity contribution in [3.05, 3.63) is 35.6 Å². The quantitative estimate of drug-likeness (QED) is 0.840. The van der Waals surface area contributed by atoms with Crippen LogP contribution in [0.4, 0.5) is 9.18 Å². The Bertz CT molecular complexity index is 419. The smallest absolute Gasteiger partial charge is 0.321 e. The summed E-state index contributed by atoms with van der Waals surface area (Å²) in [6.07, 6.45) is -0.155. The summed E-state index contributed by atoms with van der Waals surface area (Å²) >= 11 is 0. The summed E-state index contributed by atoms with van der Waals surface area (Å²) in [5, 5.41) is 4.64. The maximum absolute atomic E-state index is 13.2. The first kappa shape index (κ1) is 13.2. The second-order valence-electron chi connectivity index (χ2n) is 3.94. The highest BCUT2D eigenvalue weighted by molar-refractivity contribution is 5.95. The second-order valence-corrected chi connectivity index (χ2v) is 3.94. The number of amides is 3. The van der Waals surface area contributed by atoms with E-state index in [1.165, 1.54) is 12.1 Å². The van der Waals surface area contributed by atoms with Gasteiger partial charge in [0, 0.05) is 6.04 Å². The molecule has 0 heterocycles. The first-order valence-electron chi connectivity index (χ1n) is 5.33. The van der Waals surface area contributed by atoms with E-state index in [1.54, 1.807) is 26.0 Å². The monoisotopic (exact) mass is 238 g/mol. The van der Waals surface area contributed by atoms with Crippen molar-refractivity contribution in [2.75, 3.05) is 0 Å². The number of imide groups is 1. The van der Waals surface area contributed by atoms with Crippen molar-refractivity contribution >= 4 is 11.9 Å². The minimum Gasteiger partial charge on any atom is -0.336 e. The first-order valence-corrected chi connectivity index (χ1v) is 5.33. The average Bonchev–Trinajstić information content (AvgIpc) is 2.19. The lowest BCUT2D eigenvalue weighted by atomic mass is 10.1. The highest BCUT2D eigenvalue weighted by Gasteiger charge is 2.11. The van der Waals surface area contributed by atoms with Crippen LogP contribution in [0, 0.1) is 5.82 Å². The molecule has 0 unspecified atom stereocenters. The lowest BCUT2D eigenvalue weighted by Crippen LogP contribution is -2.43. The number of urea groups is 1. The van der Waals surface area contributed by atoms with Gasteiger partial charge in [0.1, 0.15) is 5.82 Å². The van der Waals surface area contributed by atoms with Crippen LogP contribution in [0.1, 0.15) is 19.4 Å². The van der Waals surface area contributed by atoms with E-state index in [-0.39, 0.29) is 18.0 Å². The lowest BCUT2D eigenvalue weighted by molar-refractivity contribution is -0.119. The predicted octanol–water partition coefficient (Wildman–Crippen LogP) is 1.60. The zero-order valence-corrected chi connectivity index (χ0v) is 9.79. The topological polar surface area (TPSA) is 58.2 Å². The molecular weight excluding hydrogens is 223 g/mol. The molecule has 3 amide bonds. The standard InChI is InChI=1S/C12H15FN2O2/c1-8(2)14-12(17)15-11(16)7-9-5-3-4-6-10(9)13/h3-6,8H,7H2,1-2H3,(H2,14,15,16,17). The van der Waals surface area contributed by atoms with Crippen molar-refractivity contribution in [1.29, 1.82) is 0 Å². The number of carbonyl (C=O) groups excluding carboxylic acids is 2. The molecule has 1 aromatic carbocycles. The van der Waals surface area contributed by atoms with Crippen LogP contribution in [0.25, 0.3) is 0 Å². The molecule has 2 N–H and O–H groups in total. The van der Waals surface area contributed by atoms with Gasteiger partial charge in [-0.05, 0) is 25.5 Å². The fraction of sp³-hybridized carbons (Fsp3) is 0.333. The highest BCUT2D eigenvalue weighted by Crippen LogP contribution is 2.06. The van der Waals surface area contributed by atoms with Gasteiger partial charge in [-0.25, -0.2) is 9.18 Å². The number of hydrogen-bond acceptors (Lipinski definition) is 2. The van der Waals surface area contributed by atoms with Crippen molar-refractivity contribution in [1.82, 2.24) is 10.6 Å². The summed E-state index contributed by atoms with van der Waals surface area (Å²) in [7, 11) is 0. The van der Waals surface area contributed by atoms with Crippen LogP contribution in [-0.4, -0.2) is 18.0 Å². The van der Waals surface area contributed by atoms with Gasteiger partial charge in [0.05, 0.1) is 6.42 Å². The number of rotatable bonds is 3. The van der Waals surface area contributed by atoms with E-state index in [0.29, 0.717) is 0 Å². The molecule has 0 fully saturated rings. The summed E-state index contributed by atoms with van der Waals surface area (Å²) in [4.78, 5) is 22.6. The van der Waals surface area contributed by atoms with Gasteiger partial charge in [-0.1, -0.05) is 18.2 Å². The van der Waals surface area contributed by atoms with Gasteiger partial charge in [-0.2, -0.15) is 0 Å². The average molecular weight is 238 g/mol. The molecule has 92 valence electrons. The van der Waals surface area contributed by atoms with Gasteiger partial charge in [0.15, 0.2) is 0 Å². The normalized spacial score (nSPS) is 10.1. The van der Waals surface area contributed by atoms with E-state index in [9.17, 15) is 14.0 Å². The molecule has 1 rings (SSSR count). The van der Waals surface area contributed by atoms with Gasteiger partial charge in [-0.15, -0.1) is 0 Å². The second kappa shape index (κ2) is 5.98. The highest BCUT2D eigenvalue weighted by atomic mass is 19.1. The maximum Gasteiger partial charge on any atom is 0.321 e. The molecule has 4 nitrogen and oxygen atoms in total. The summed E-state index contributed by atoms with van der Waals surface area (Å²) in [6, 6.07) is 5.34. The number of nitrogens with one attached hydrogen (secondary N) is 2. The van der Waals surface area contributed by atoms with E-state index in [2.05, 4.69) is 10.6 Å². The first-order chi connectivity index (χ1) is 7.99. The van der Waals surface area contributed by atoms with Gasteiger partial charge < -0.3 is 5.32 Å². The third kappa shape index (κ3) is 4.63. The molecule has 0 saturated carbocycles. The molecular formula is C12H15FN2O2. The summed E-state index contributed by atoms with van der Waals surface area (Å²) in [5.41, 5.74) is 0.266. The summed E-state index contributed by atoms with van der Waals surface area (Å²) in [6.45, 7) is 3.56. The third-order valence-corrected chi connectivity index (χ3v) is 1.98. The molecule has 0 aliphatic heterocycles. The van der Waals surface area contributed by atoms with E-state index >= 15 is 0 Å².